The van der Waals surface area contributed by atoms with Crippen molar-refractivity contribution in [2.24, 2.45) is 0 Å². The number of allylic oxidation sites excluding steroid dienone is 6. The van der Waals surface area contributed by atoms with E-state index in [0.717, 1.165) is 44.9 Å². The molecular formula is C49H91O8P. The Bertz CT molecular complexity index is 1040. The van der Waals surface area contributed by atoms with Crippen LogP contribution in [0.25, 0.3) is 0 Å². The first-order chi connectivity index (χ1) is 28.3. The molecule has 0 aliphatic heterocycles. The van der Waals surface area contributed by atoms with Gasteiger partial charge in [-0.05, 0) is 64.2 Å². The molecule has 58 heavy (non-hydrogen) atoms. The second-order valence-electron chi connectivity index (χ2n) is 16.4. The summed E-state index contributed by atoms with van der Waals surface area (Å²) in [5, 5.41) is 0. The first-order valence-electron chi connectivity index (χ1n) is 24.3. The van der Waals surface area contributed by atoms with Crippen LogP contribution in [0, 0.1) is 0 Å². The van der Waals surface area contributed by atoms with E-state index < -0.39 is 32.5 Å². The van der Waals surface area contributed by atoms with Gasteiger partial charge in [-0.2, -0.15) is 0 Å². The Morgan fingerprint density at radius 2 is 0.793 bits per heavy atom. The van der Waals surface area contributed by atoms with E-state index in [4.69, 9.17) is 19.3 Å². The second-order valence-corrected chi connectivity index (χ2v) is 17.7. The van der Waals surface area contributed by atoms with Crippen LogP contribution in [-0.4, -0.2) is 41.0 Å². The van der Waals surface area contributed by atoms with Crippen molar-refractivity contribution in [1.29, 1.82) is 0 Å². The zero-order valence-electron chi connectivity index (χ0n) is 37.7. The molecule has 0 saturated heterocycles. The van der Waals surface area contributed by atoms with Gasteiger partial charge in [-0.15, -0.1) is 0 Å². The summed E-state index contributed by atoms with van der Waals surface area (Å²) >= 11 is 0. The minimum absolute atomic E-state index is 0.198. The Hall–Kier alpha value is -1.73. The van der Waals surface area contributed by atoms with Crippen LogP contribution in [0.3, 0.4) is 0 Å². The molecule has 1 atom stereocenters. The smallest absolute Gasteiger partial charge is 0.462 e. The van der Waals surface area contributed by atoms with Gasteiger partial charge in [0.25, 0.3) is 0 Å². The summed E-state index contributed by atoms with van der Waals surface area (Å²) in [4.78, 5) is 43.0. The minimum Gasteiger partial charge on any atom is -0.462 e. The number of unbranched alkanes of at least 4 members (excludes halogenated alkanes) is 29. The molecule has 0 heterocycles. The Labute approximate surface area is 357 Å². The Kier molecular flexibility index (Phi) is 43.5. The molecule has 0 aromatic carbocycles. The molecule has 340 valence electrons. The molecule has 0 aromatic rings. The number of hydrogen-bond acceptors (Lipinski definition) is 6. The van der Waals surface area contributed by atoms with Gasteiger partial charge in [-0.1, -0.05) is 204 Å². The summed E-state index contributed by atoms with van der Waals surface area (Å²) in [6.07, 6.45) is 54.6. The summed E-state index contributed by atoms with van der Waals surface area (Å²) in [7, 11) is -4.76. The predicted octanol–water partition coefficient (Wildman–Crippen LogP) is 15.3. The van der Waals surface area contributed by atoms with E-state index in [-0.39, 0.29) is 19.4 Å². The average Bonchev–Trinajstić information content (AvgIpc) is 3.20. The maximum Gasteiger partial charge on any atom is 0.469 e. The number of phosphoric acid groups is 1. The van der Waals surface area contributed by atoms with E-state index in [0.29, 0.717) is 12.8 Å². The number of ether oxygens (including phenoxy) is 2. The SMILES string of the molecule is CCCCC/C=C/C/C=C/CCCCCCCCCC(=O)O[C@H](COC(=O)CCC/C=C/CCCCCCCCCCCCCCCCCCCC)COP(=O)(O)O. The van der Waals surface area contributed by atoms with Crippen molar-refractivity contribution in [3.05, 3.63) is 36.5 Å². The van der Waals surface area contributed by atoms with Crippen LogP contribution in [0.5, 0.6) is 0 Å². The normalized spacial score (nSPS) is 12.7. The Morgan fingerprint density at radius 1 is 0.448 bits per heavy atom. The predicted molar refractivity (Wildman–Crippen MR) is 244 cm³/mol. The number of rotatable bonds is 45. The maximum atomic E-state index is 12.4. The first-order valence-corrected chi connectivity index (χ1v) is 25.8. The third-order valence-electron chi connectivity index (χ3n) is 10.6. The number of hydrogen-bond donors (Lipinski definition) is 2. The summed E-state index contributed by atoms with van der Waals surface area (Å²) in [6, 6.07) is 0. The molecule has 0 aromatic heterocycles. The summed E-state index contributed by atoms with van der Waals surface area (Å²) in [5.74, 6) is -0.923. The van der Waals surface area contributed by atoms with E-state index in [1.807, 2.05) is 0 Å². The third-order valence-corrected chi connectivity index (χ3v) is 11.1. The van der Waals surface area contributed by atoms with Gasteiger partial charge in [-0.3, -0.25) is 14.1 Å². The molecule has 0 aliphatic carbocycles. The van der Waals surface area contributed by atoms with Crippen molar-refractivity contribution in [2.75, 3.05) is 13.2 Å². The van der Waals surface area contributed by atoms with Crippen LogP contribution in [0.2, 0.25) is 0 Å². The van der Waals surface area contributed by atoms with Crippen LogP contribution in [0.15, 0.2) is 36.5 Å². The highest BCUT2D eigenvalue weighted by Gasteiger charge is 2.22. The first kappa shape index (κ1) is 56.3. The summed E-state index contributed by atoms with van der Waals surface area (Å²) < 4.78 is 26.4. The molecule has 0 aliphatic rings. The molecule has 9 heteroatoms. The number of esters is 2. The standard InChI is InChI=1S/C49H91O8P/c1-3-5-7-9-11-13-15-17-19-21-22-23-24-25-26-28-29-31-33-35-37-39-41-43-48(50)55-45-47(46-56-58(52,53)54)57-49(51)44-42-40-38-36-34-32-30-27-20-18-16-14-12-10-8-6-4-2/h12,14,18,20,35,37,47H,3-11,13,15-17,19,21-34,36,38-46H2,1-2H3,(H2,52,53,54)/b14-12+,20-18+,37-35+/t47-/m1/s1. The molecule has 0 bridgehead atoms. The van der Waals surface area contributed by atoms with Gasteiger partial charge in [0.15, 0.2) is 6.10 Å². The zero-order valence-corrected chi connectivity index (χ0v) is 38.6. The molecule has 8 nitrogen and oxygen atoms in total. The Morgan fingerprint density at radius 3 is 1.24 bits per heavy atom. The van der Waals surface area contributed by atoms with Gasteiger partial charge in [0.05, 0.1) is 6.61 Å². The highest BCUT2D eigenvalue weighted by Crippen LogP contribution is 2.36. The lowest BCUT2D eigenvalue weighted by Crippen LogP contribution is -2.29. The molecular weight excluding hydrogens is 748 g/mol. The zero-order chi connectivity index (χ0) is 42.5. The van der Waals surface area contributed by atoms with Gasteiger partial charge in [0.2, 0.25) is 0 Å². The summed E-state index contributed by atoms with van der Waals surface area (Å²) in [6.45, 7) is 3.66. The minimum atomic E-state index is -4.76. The van der Waals surface area contributed by atoms with Gasteiger partial charge in [0, 0.05) is 12.8 Å². The van der Waals surface area contributed by atoms with E-state index in [1.54, 1.807) is 0 Å². The summed E-state index contributed by atoms with van der Waals surface area (Å²) in [5.41, 5.74) is 0. The highest BCUT2D eigenvalue weighted by atomic mass is 31.2. The fourth-order valence-corrected chi connectivity index (χ4v) is 7.36. The fourth-order valence-electron chi connectivity index (χ4n) is 7.00. The van der Waals surface area contributed by atoms with Gasteiger partial charge in [0.1, 0.15) is 6.61 Å². The van der Waals surface area contributed by atoms with Crippen molar-refractivity contribution in [1.82, 2.24) is 0 Å². The number of carbonyl (C=O) groups excluding carboxylic acids is 2. The molecule has 2 N–H and O–H groups in total. The molecule has 0 radical (unpaired) electrons. The largest absolute Gasteiger partial charge is 0.469 e. The average molecular weight is 839 g/mol. The molecule has 0 amide bonds. The third kappa shape index (κ3) is 47.0. The topological polar surface area (TPSA) is 119 Å². The molecule has 0 spiro atoms. The van der Waals surface area contributed by atoms with Crippen molar-refractivity contribution in [3.8, 4) is 0 Å². The van der Waals surface area contributed by atoms with Crippen molar-refractivity contribution >= 4 is 19.8 Å². The van der Waals surface area contributed by atoms with Crippen molar-refractivity contribution in [2.45, 2.75) is 251 Å². The maximum absolute atomic E-state index is 12.4. The van der Waals surface area contributed by atoms with Crippen molar-refractivity contribution < 1.29 is 37.9 Å². The van der Waals surface area contributed by atoms with Crippen LogP contribution in [0.4, 0.5) is 0 Å². The monoisotopic (exact) mass is 839 g/mol. The lowest BCUT2D eigenvalue weighted by molar-refractivity contribution is -0.161. The van der Waals surface area contributed by atoms with Gasteiger partial charge >= 0.3 is 19.8 Å². The quantitative estimate of drug-likeness (QED) is 0.0269. The number of carbonyl (C=O) groups is 2. The van der Waals surface area contributed by atoms with E-state index >= 15 is 0 Å². The Balaban J connectivity index is 3.85. The molecule has 0 saturated carbocycles. The van der Waals surface area contributed by atoms with Crippen LogP contribution in [-0.2, 0) is 28.2 Å². The lowest BCUT2D eigenvalue weighted by Gasteiger charge is -2.18. The lowest BCUT2D eigenvalue weighted by atomic mass is 10.0. The van der Waals surface area contributed by atoms with E-state index in [2.05, 4.69) is 54.8 Å². The van der Waals surface area contributed by atoms with Crippen LogP contribution >= 0.6 is 7.82 Å². The highest BCUT2D eigenvalue weighted by molar-refractivity contribution is 7.46. The molecule has 0 rings (SSSR count). The van der Waals surface area contributed by atoms with Gasteiger partial charge in [-0.25, -0.2) is 4.57 Å². The van der Waals surface area contributed by atoms with E-state index in [9.17, 15) is 14.2 Å². The van der Waals surface area contributed by atoms with Crippen LogP contribution in [0.1, 0.15) is 245 Å². The van der Waals surface area contributed by atoms with E-state index in [1.165, 1.54) is 161 Å². The van der Waals surface area contributed by atoms with Crippen LogP contribution < -0.4 is 0 Å². The molecule has 0 fully saturated rings. The van der Waals surface area contributed by atoms with Gasteiger partial charge < -0.3 is 19.3 Å². The second kappa shape index (κ2) is 44.8. The number of phosphoric ester groups is 1. The molecule has 0 unspecified atom stereocenters. The van der Waals surface area contributed by atoms with Crippen molar-refractivity contribution in [3.63, 3.8) is 0 Å². The fraction of sp³-hybridized carbons (Fsp3) is 0.837.